The summed E-state index contributed by atoms with van der Waals surface area (Å²) in [6, 6.07) is 9.95. The summed E-state index contributed by atoms with van der Waals surface area (Å²) in [6.07, 6.45) is 2.48. The van der Waals surface area contributed by atoms with Crippen LogP contribution in [0.5, 0.6) is 0 Å². The van der Waals surface area contributed by atoms with Crippen molar-refractivity contribution < 1.29 is 0 Å². The molecule has 0 aliphatic carbocycles. The highest BCUT2D eigenvalue weighted by atomic mass is 79.9. The molecule has 5 heteroatoms. The molecule has 0 unspecified atom stereocenters. The summed E-state index contributed by atoms with van der Waals surface area (Å²) in [5.74, 6) is 0.792. The van der Waals surface area contributed by atoms with E-state index in [1.54, 1.807) is 6.20 Å². The number of aromatic nitrogens is 2. The lowest BCUT2D eigenvalue weighted by Gasteiger charge is -2.03. The fourth-order valence-electron chi connectivity index (χ4n) is 1.46. The predicted molar refractivity (Wildman–Crippen MR) is 75.2 cm³/mol. The van der Waals surface area contributed by atoms with Gasteiger partial charge in [-0.1, -0.05) is 28.1 Å². The summed E-state index contributed by atoms with van der Waals surface area (Å²) in [7, 11) is 0. The van der Waals surface area contributed by atoms with E-state index < -0.39 is 0 Å². The van der Waals surface area contributed by atoms with Crippen LogP contribution in [-0.2, 0) is 6.42 Å². The van der Waals surface area contributed by atoms with E-state index in [-0.39, 0.29) is 12.4 Å². The highest BCUT2D eigenvalue weighted by molar-refractivity contribution is 9.10. The van der Waals surface area contributed by atoms with Gasteiger partial charge < -0.3 is 5.73 Å². The molecule has 0 radical (unpaired) electrons. The van der Waals surface area contributed by atoms with E-state index in [0.29, 0.717) is 13.0 Å². The van der Waals surface area contributed by atoms with Crippen LogP contribution in [0.15, 0.2) is 41.0 Å². The van der Waals surface area contributed by atoms with Crippen molar-refractivity contribution in [2.45, 2.75) is 6.42 Å². The summed E-state index contributed by atoms with van der Waals surface area (Å²) in [6.45, 7) is 0.571. The Balaban J connectivity index is 0.00000144. The van der Waals surface area contributed by atoms with Crippen LogP contribution in [0.1, 0.15) is 5.82 Å². The maximum atomic E-state index is 5.49. The maximum Gasteiger partial charge on any atom is 0.130 e. The molecule has 0 bridgehead atoms. The molecule has 0 fully saturated rings. The summed E-state index contributed by atoms with van der Waals surface area (Å²) in [4.78, 5) is 8.64. The second-order valence-electron chi connectivity index (χ2n) is 3.41. The van der Waals surface area contributed by atoms with E-state index in [2.05, 4.69) is 25.9 Å². The molecule has 3 nitrogen and oxygen atoms in total. The van der Waals surface area contributed by atoms with Gasteiger partial charge in [0.05, 0.1) is 5.69 Å². The van der Waals surface area contributed by atoms with Gasteiger partial charge in [0.2, 0.25) is 0 Å². The van der Waals surface area contributed by atoms with Crippen molar-refractivity contribution in [1.82, 2.24) is 9.97 Å². The maximum absolute atomic E-state index is 5.49. The third-order valence-electron chi connectivity index (χ3n) is 2.19. The Morgan fingerprint density at radius 1 is 1.24 bits per heavy atom. The number of rotatable bonds is 3. The molecule has 1 aromatic carbocycles. The molecule has 1 aromatic heterocycles. The van der Waals surface area contributed by atoms with E-state index in [1.807, 2.05) is 30.3 Å². The normalized spacial score (nSPS) is 9.76. The van der Waals surface area contributed by atoms with Gasteiger partial charge in [-0.25, -0.2) is 9.97 Å². The number of halogens is 2. The molecule has 1 heterocycles. The highest BCUT2D eigenvalue weighted by Gasteiger charge is 2.01. The Bertz CT molecular complexity index is 491. The first kappa shape index (κ1) is 14.1. The quantitative estimate of drug-likeness (QED) is 0.948. The first-order valence-electron chi connectivity index (χ1n) is 5.07. The van der Waals surface area contributed by atoms with Crippen LogP contribution in [0.4, 0.5) is 0 Å². The highest BCUT2D eigenvalue weighted by Crippen LogP contribution is 2.20. The number of benzene rings is 1. The lowest BCUT2D eigenvalue weighted by molar-refractivity contribution is 0.869. The van der Waals surface area contributed by atoms with Gasteiger partial charge in [-0.15, -0.1) is 12.4 Å². The first-order chi connectivity index (χ1) is 7.79. The van der Waals surface area contributed by atoms with Crippen molar-refractivity contribution in [3.05, 3.63) is 46.8 Å². The molecule has 2 rings (SSSR count). The van der Waals surface area contributed by atoms with Crippen molar-refractivity contribution >= 4 is 28.3 Å². The van der Waals surface area contributed by atoms with Gasteiger partial charge in [0.1, 0.15) is 5.82 Å². The Labute approximate surface area is 115 Å². The zero-order chi connectivity index (χ0) is 11.4. The van der Waals surface area contributed by atoms with Crippen molar-refractivity contribution in [3.8, 4) is 11.3 Å². The van der Waals surface area contributed by atoms with Gasteiger partial charge in [0.25, 0.3) is 0 Å². The Morgan fingerprint density at radius 3 is 2.76 bits per heavy atom. The van der Waals surface area contributed by atoms with Crippen LogP contribution >= 0.6 is 28.3 Å². The average Bonchev–Trinajstić information content (AvgIpc) is 2.30. The topological polar surface area (TPSA) is 51.8 Å². The monoisotopic (exact) mass is 313 g/mol. The Hall–Kier alpha value is -0.970. The van der Waals surface area contributed by atoms with E-state index >= 15 is 0 Å². The summed E-state index contributed by atoms with van der Waals surface area (Å²) in [5.41, 5.74) is 7.49. The molecule has 2 N–H and O–H groups in total. The molecular weight excluding hydrogens is 302 g/mol. The second kappa shape index (κ2) is 6.69. The van der Waals surface area contributed by atoms with Gasteiger partial charge in [-0.05, 0) is 24.7 Å². The van der Waals surface area contributed by atoms with E-state index in [9.17, 15) is 0 Å². The van der Waals surface area contributed by atoms with Crippen LogP contribution in [0.2, 0.25) is 0 Å². The van der Waals surface area contributed by atoms with Gasteiger partial charge >= 0.3 is 0 Å². The second-order valence-corrected chi connectivity index (χ2v) is 4.32. The lowest BCUT2D eigenvalue weighted by atomic mass is 10.1. The fourth-order valence-corrected chi connectivity index (χ4v) is 1.86. The van der Waals surface area contributed by atoms with Crippen LogP contribution in [0, 0.1) is 0 Å². The predicted octanol–water partition coefficient (Wildman–Crippen LogP) is 2.83. The van der Waals surface area contributed by atoms with E-state index in [1.165, 1.54) is 0 Å². The van der Waals surface area contributed by atoms with Gasteiger partial charge in [0, 0.05) is 22.7 Å². The standard InChI is InChI=1S/C12H12BrN3.ClH/c13-10-3-1-2-9(8-10)11-5-7-15-12(16-11)4-6-14;/h1-3,5,7-8H,4,6,14H2;1H. The number of nitrogens with zero attached hydrogens (tertiary/aromatic N) is 2. The average molecular weight is 315 g/mol. The van der Waals surface area contributed by atoms with Crippen LogP contribution in [-0.4, -0.2) is 16.5 Å². The van der Waals surface area contributed by atoms with Crippen molar-refractivity contribution in [2.24, 2.45) is 5.73 Å². The summed E-state index contributed by atoms with van der Waals surface area (Å²) < 4.78 is 1.05. The zero-order valence-electron chi connectivity index (χ0n) is 9.14. The molecule has 0 saturated heterocycles. The van der Waals surface area contributed by atoms with Gasteiger partial charge in [0.15, 0.2) is 0 Å². The molecular formula is C12H13BrClN3. The number of hydrogen-bond donors (Lipinski definition) is 1. The van der Waals surface area contributed by atoms with Crippen molar-refractivity contribution in [3.63, 3.8) is 0 Å². The minimum absolute atomic E-state index is 0. The van der Waals surface area contributed by atoms with E-state index in [4.69, 9.17) is 5.73 Å². The largest absolute Gasteiger partial charge is 0.330 e. The van der Waals surface area contributed by atoms with E-state index in [0.717, 1.165) is 21.6 Å². The zero-order valence-corrected chi connectivity index (χ0v) is 11.5. The molecule has 17 heavy (non-hydrogen) atoms. The molecule has 0 amide bonds. The van der Waals surface area contributed by atoms with Gasteiger partial charge in [-0.3, -0.25) is 0 Å². The van der Waals surface area contributed by atoms with Crippen LogP contribution in [0.3, 0.4) is 0 Å². The molecule has 0 saturated carbocycles. The molecule has 0 atom stereocenters. The minimum Gasteiger partial charge on any atom is -0.330 e. The Morgan fingerprint density at radius 2 is 2.06 bits per heavy atom. The number of hydrogen-bond acceptors (Lipinski definition) is 3. The minimum atomic E-state index is 0. The Kier molecular flexibility index (Phi) is 5.55. The third-order valence-corrected chi connectivity index (χ3v) is 2.69. The molecule has 0 spiro atoms. The molecule has 0 aliphatic heterocycles. The molecule has 0 aliphatic rings. The van der Waals surface area contributed by atoms with Crippen molar-refractivity contribution in [2.75, 3.05) is 6.54 Å². The lowest BCUT2D eigenvalue weighted by Crippen LogP contribution is -2.06. The summed E-state index contributed by atoms with van der Waals surface area (Å²) in [5, 5.41) is 0. The van der Waals surface area contributed by atoms with Crippen LogP contribution < -0.4 is 5.73 Å². The molecule has 2 aromatic rings. The van der Waals surface area contributed by atoms with Crippen molar-refractivity contribution in [1.29, 1.82) is 0 Å². The third kappa shape index (κ3) is 3.77. The smallest absolute Gasteiger partial charge is 0.130 e. The first-order valence-corrected chi connectivity index (χ1v) is 5.87. The van der Waals surface area contributed by atoms with Gasteiger partial charge in [-0.2, -0.15) is 0 Å². The SMILES string of the molecule is Cl.NCCc1nccc(-c2cccc(Br)c2)n1. The molecule has 90 valence electrons. The van der Waals surface area contributed by atoms with Crippen LogP contribution in [0.25, 0.3) is 11.3 Å². The number of nitrogens with two attached hydrogens (primary N) is 1. The fraction of sp³-hybridized carbons (Fsp3) is 0.167. The summed E-state index contributed by atoms with van der Waals surface area (Å²) >= 11 is 3.45.